The quantitative estimate of drug-likeness (QED) is 0.575. The first-order valence-electron chi connectivity index (χ1n) is 5.13. The molecule has 0 bridgehead atoms. The van der Waals surface area contributed by atoms with Gasteiger partial charge in [-0.1, -0.05) is 6.42 Å². The molecule has 0 rings (SSSR count). The third kappa shape index (κ3) is 10.2. The number of nitrogens with one attached hydrogen (secondary N) is 1. The lowest BCUT2D eigenvalue weighted by molar-refractivity contribution is 0.344. The molecule has 0 amide bonds. The second kappa shape index (κ2) is 10.4. The van der Waals surface area contributed by atoms with E-state index in [1.165, 1.54) is 38.1 Å². The Morgan fingerprint density at radius 3 is 2.54 bits per heavy atom. The van der Waals surface area contributed by atoms with Crippen molar-refractivity contribution >= 4 is 11.8 Å². The molecule has 0 saturated heterocycles. The van der Waals surface area contributed by atoms with E-state index in [0.29, 0.717) is 0 Å². The molecule has 0 aromatic rings. The van der Waals surface area contributed by atoms with Gasteiger partial charge in [-0.3, -0.25) is 0 Å². The lowest BCUT2D eigenvalue weighted by atomic mass is 10.2. The molecule has 0 aromatic heterocycles. The second-order valence-corrected chi connectivity index (χ2v) is 4.45. The van der Waals surface area contributed by atoms with Crippen LogP contribution in [0.25, 0.3) is 0 Å². The average molecular weight is 204 g/mol. The summed E-state index contributed by atoms with van der Waals surface area (Å²) in [6.45, 7) is 3.64. The van der Waals surface area contributed by atoms with E-state index < -0.39 is 0 Å². The van der Waals surface area contributed by atoms with Crippen molar-refractivity contribution in [2.45, 2.75) is 19.3 Å². The fourth-order valence-electron chi connectivity index (χ4n) is 1.22. The molecule has 0 radical (unpaired) electrons. The summed E-state index contributed by atoms with van der Waals surface area (Å²) in [6, 6.07) is 0. The molecule has 0 heterocycles. The monoisotopic (exact) mass is 204 g/mol. The zero-order valence-electron chi connectivity index (χ0n) is 9.31. The molecule has 0 aromatic carbocycles. The van der Waals surface area contributed by atoms with Gasteiger partial charge >= 0.3 is 0 Å². The summed E-state index contributed by atoms with van der Waals surface area (Å²) in [5.74, 6) is 1.26. The third-order valence-electron chi connectivity index (χ3n) is 2.14. The van der Waals surface area contributed by atoms with Crippen molar-refractivity contribution in [2.75, 3.05) is 45.7 Å². The molecule has 3 heteroatoms. The van der Waals surface area contributed by atoms with Crippen LogP contribution >= 0.6 is 11.8 Å². The molecule has 0 fully saturated rings. The maximum Gasteiger partial charge on any atom is 0.00692 e. The van der Waals surface area contributed by atoms with Crippen LogP contribution < -0.4 is 5.32 Å². The number of nitrogens with zero attached hydrogens (tertiary/aromatic N) is 1. The first-order valence-corrected chi connectivity index (χ1v) is 6.52. The third-order valence-corrected chi connectivity index (χ3v) is 2.73. The van der Waals surface area contributed by atoms with E-state index in [9.17, 15) is 0 Å². The summed E-state index contributed by atoms with van der Waals surface area (Å²) in [6.07, 6.45) is 6.17. The Bertz CT molecular complexity index is 98.9. The number of hydrogen-bond donors (Lipinski definition) is 1. The molecule has 0 aliphatic heterocycles. The SMILES string of the molecule is CNCCCCCN(C)CCSC. The van der Waals surface area contributed by atoms with E-state index in [1.54, 1.807) is 0 Å². The highest BCUT2D eigenvalue weighted by Crippen LogP contribution is 1.98. The predicted octanol–water partition coefficient (Wildman–Crippen LogP) is 1.67. The minimum atomic E-state index is 1.16. The molecule has 80 valence electrons. The van der Waals surface area contributed by atoms with E-state index in [-0.39, 0.29) is 0 Å². The van der Waals surface area contributed by atoms with E-state index in [4.69, 9.17) is 0 Å². The molecule has 0 atom stereocenters. The molecule has 0 spiro atoms. The van der Waals surface area contributed by atoms with E-state index >= 15 is 0 Å². The predicted molar refractivity (Wildman–Crippen MR) is 63.7 cm³/mol. The van der Waals surface area contributed by atoms with Crippen LogP contribution in [0.2, 0.25) is 0 Å². The van der Waals surface area contributed by atoms with Gasteiger partial charge in [0.15, 0.2) is 0 Å². The molecule has 1 N–H and O–H groups in total. The van der Waals surface area contributed by atoms with Crippen molar-refractivity contribution in [1.29, 1.82) is 0 Å². The van der Waals surface area contributed by atoms with Crippen LogP contribution in [0.1, 0.15) is 19.3 Å². The Balaban J connectivity index is 3.03. The Hall–Kier alpha value is 0.270. The normalized spacial score (nSPS) is 11.1. The standard InChI is InChI=1S/C10H24N2S/c1-11-7-5-4-6-8-12(2)9-10-13-3/h11H,4-10H2,1-3H3. The topological polar surface area (TPSA) is 15.3 Å². The first-order chi connectivity index (χ1) is 6.31. The summed E-state index contributed by atoms with van der Waals surface area (Å²) >= 11 is 1.93. The Morgan fingerprint density at radius 2 is 1.92 bits per heavy atom. The lowest BCUT2D eigenvalue weighted by Gasteiger charge is -2.15. The zero-order chi connectivity index (χ0) is 9.94. The smallest absolute Gasteiger partial charge is 0.00692 e. The molecule has 13 heavy (non-hydrogen) atoms. The lowest BCUT2D eigenvalue weighted by Crippen LogP contribution is -2.22. The van der Waals surface area contributed by atoms with Crippen LogP contribution in [-0.2, 0) is 0 Å². The van der Waals surface area contributed by atoms with Crippen LogP contribution in [0.3, 0.4) is 0 Å². The number of thioether (sulfide) groups is 1. The van der Waals surface area contributed by atoms with Gasteiger partial charge in [0.25, 0.3) is 0 Å². The molecular weight excluding hydrogens is 180 g/mol. The maximum atomic E-state index is 3.17. The van der Waals surface area contributed by atoms with Gasteiger partial charge in [-0.05, 0) is 46.3 Å². The van der Waals surface area contributed by atoms with Crippen molar-refractivity contribution in [3.63, 3.8) is 0 Å². The molecule has 0 saturated carbocycles. The summed E-state index contributed by atoms with van der Waals surface area (Å²) in [7, 11) is 4.24. The fourth-order valence-corrected chi connectivity index (χ4v) is 1.71. The van der Waals surface area contributed by atoms with Gasteiger partial charge in [0.2, 0.25) is 0 Å². The van der Waals surface area contributed by atoms with E-state index in [2.05, 4.69) is 23.5 Å². The van der Waals surface area contributed by atoms with Gasteiger partial charge in [0.05, 0.1) is 0 Å². The molecular formula is C10H24N2S. The summed E-state index contributed by atoms with van der Waals surface area (Å²) in [5, 5.41) is 3.17. The van der Waals surface area contributed by atoms with Gasteiger partial charge in [0, 0.05) is 12.3 Å². The summed E-state index contributed by atoms with van der Waals surface area (Å²) in [4.78, 5) is 2.43. The summed E-state index contributed by atoms with van der Waals surface area (Å²) in [5.41, 5.74) is 0. The average Bonchev–Trinajstić information content (AvgIpc) is 2.14. The van der Waals surface area contributed by atoms with Crippen molar-refractivity contribution in [3.05, 3.63) is 0 Å². The van der Waals surface area contributed by atoms with Gasteiger partial charge in [-0.15, -0.1) is 0 Å². The minimum absolute atomic E-state index is 1.16. The number of hydrogen-bond acceptors (Lipinski definition) is 3. The Labute approximate surface area is 87.5 Å². The fraction of sp³-hybridized carbons (Fsp3) is 1.00. The Morgan fingerprint density at radius 1 is 1.15 bits per heavy atom. The van der Waals surface area contributed by atoms with Crippen molar-refractivity contribution in [3.8, 4) is 0 Å². The van der Waals surface area contributed by atoms with Crippen molar-refractivity contribution < 1.29 is 0 Å². The minimum Gasteiger partial charge on any atom is -0.320 e. The van der Waals surface area contributed by atoms with Crippen LogP contribution in [0.4, 0.5) is 0 Å². The van der Waals surface area contributed by atoms with Gasteiger partial charge in [-0.2, -0.15) is 11.8 Å². The molecule has 0 aliphatic carbocycles. The Kier molecular flexibility index (Phi) is 10.6. The van der Waals surface area contributed by atoms with Gasteiger partial charge in [0.1, 0.15) is 0 Å². The van der Waals surface area contributed by atoms with Crippen LogP contribution in [-0.4, -0.2) is 50.6 Å². The zero-order valence-corrected chi connectivity index (χ0v) is 10.1. The van der Waals surface area contributed by atoms with Crippen molar-refractivity contribution in [2.24, 2.45) is 0 Å². The summed E-state index contributed by atoms with van der Waals surface area (Å²) < 4.78 is 0. The van der Waals surface area contributed by atoms with Gasteiger partial charge in [-0.25, -0.2) is 0 Å². The highest BCUT2D eigenvalue weighted by Gasteiger charge is 1.96. The number of unbranched alkanes of at least 4 members (excludes halogenated alkanes) is 2. The second-order valence-electron chi connectivity index (χ2n) is 3.46. The highest BCUT2D eigenvalue weighted by atomic mass is 32.2. The molecule has 2 nitrogen and oxygen atoms in total. The highest BCUT2D eigenvalue weighted by molar-refractivity contribution is 7.98. The van der Waals surface area contributed by atoms with E-state index in [0.717, 1.165) is 6.54 Å². The number of rotatable bonds is 9. The molecule has 0 aliphatic rings. The van der Waals surface area contributed by atoms with Crippen LogP contribution in [0.5, 0.6) is 0 Å². The van der Waals surface area contributed by atoms with Gasteiger partial charge < -0.3 is 10.2 Å². The first kappa shape index (κ1) is 13.3. The van der Waals surface area contributed by atoms with E-state index in [1.807, 2.05) is 18.8 Å². The van der Waals surface area contributed by atoms with Crippen LogP contribution in [0, 0.1) is 0 Å². The molecule has 0 unspecified atom stereocenters. The van der Waals surface area contributed by atoms with Crippen LogP contribution in [0.15, 0.2) is 0 Å². The largest absolute Gasteiger partial charge is 0.320 e. The van der Waals surface area contributed by atoms with Crippen molar-refractivity contribution in [1.82, 2.24) is 10.2 Å². The maximum absolute atomic E-state index is 3.17.